The number of esters is 1. The monoisotopic (exact) mass is 397 g/mol. The summed E-state index contributed by atoms with van der Waals surface area (Å²) < 4.78 is 54.2. The highest BCUT2D eigenvalue weighted by Gasteiger charge is 2.16. The second kappa shape index (κ2) is 8.26. The van der Waals surface area contributed by atoms with Crippen molar-refractivity contribution in [2.24, 2.45) is 0 Å². The normalized spacial score (nSPS) is 12.3. The fraction of sp³-hybridized carbons (Fsp3) is 0.222. The number of nitrogens with one attached hydrogen (secondary N) is 1. The minimum atomic E-state index is -3.39. The van der Waals surface area contributed by atoms with Crippen molar-refractivity contribution in [2.45, 2.75) is 17.9 Å². The van der Waals surface area contributed by atoms with Crippen LogP contribution in [0.5, 0.6) is 0 Å². The molecule has 2 rings (SSSR count). The number of ether oxygens (including phenoxy) is 1. The van der Waals surface area contributed by atoms with Gasteiger partial charge in [-0.25, -0.2) is 22.0 Å². The Morgan fingerprint density at radius 1 is 1.11 bits per heavy atom. The van der Waals surface area contributed by atoms with Crippen LogP contribution in [0.3, 0.4) is 0 Å². The molecule has 0 unspecified atom stereocenters. The van der Waals surface area contributed by atoms with E-state index < -0.39 is 46.0 Å². The molecule has 0 saturated carbocycles. The molecule has 0 aliphatic heterocycles. The summed E-state index contributed by atoms with van der Waals surface area (Å²) in [5, 5.41) is 2.43. The van der Waals surface area contributed by atoms with Gasteiger partial charge in [0.15, 0.2) is 16.4 Å². The van der Waals surface area contributed by atoms with Crippen LogP contribution in [0.2, 0.25) is 0 Å². The number of carbonyl (C=O) groups is 2. The molecule has 0 saturated heterocycles. The Hall–Kier alpha value is -2.81. The Labute approximate surface area is 155 Å². The Bertz CT molecular complexity index is 958. The minimum Gasteiger partial charge on any atom is -0.452 e. The number of halogens is 2. The summed E-state index contributed by atoms with van der Waals surface area (Å²) in [7, 11) is -3.39. The zero-order valence-electron chi connectivity index (χ0n) is 14.5. The Balaban J connectivity index is 1.92. The van der Waals surface area contributed by atoms with E-state index in [0.29, 0.717) is 6.07 Å². The number of sulfone groups is 1. The number of benzene rings is 2. The summed E-state index contributed by atoms with van der Waals surface area (Å²) in [6.45, 7) is 0.889. The largest absolute Gasteiger partial charge is 0.452 e. The smallest absolute Gasteiger partial charge is 0.338 e. The third-order valence-corrected chi connectivity index (χ3v) is 4.79. The first kappa shape index (κ1) is 20.5. The van der Waals surface area contributed by atoms with Gasteiger partial charge < -0.3 is 10.1 Å². The third-order valence-electron chi connectivity index (χ3n) is 3.66. The number of amides is 1. The lowest BCUT2D eigenvalue weighted by Gasteiger charge is -2.15. The Morgan fingerprint density at radius 2 is 1.74 bits per heavy atom. The molecule has 2 aromatic carbocycles. The zero-order chi connectivity index (χ0) is 20.2. The molecule has 2 aromatic rings. The van der Waals surface area contributed by atoms with Crippen LogP contribution < -0.4 is 5.32 Å². The van der Waals surface area contributed by atoms with E-state index in [0.717, 1.165) is 12.3 Å². The van der Waals surface area contributed by atoms with Crippen molar-refractivity contribution in [1.29, 1.82) is 0 Å². The molecule has 144 valence electrons. The van der Waals surface area contributed by atoms with Gasteiger partial charge in [0.2, 0.25) is 0 Å². The molecule has 1 atom stereocenters. The van der Waals surface area contributed by atoms with Gasteiger partial charge in [-0.1, -0.05) is 6.07 Å². The van der Waals surface area contributed by atoms with E-state index in [1.807, 2.05) is 0 Å². The van der Waals surface area contributed by atoms with E-state index >= 15 is 0 Å². The van der Waals surface area contributed by atoms with Gasteiger partial charge >= 0.3 is 5.97 Å². The van der Waals surface area contributed by atoms with Crippen LogP contribution in [-0.4, -0.2) is 33.2 Å². The molecule has 6 nitrogen and oxygen atoms in total. The van der Waals surface area contributed by atoms with Crippen molar-refractivity contribution in [2.75, 3.05) is 12.9 Å². The Morgan fingerprint density at radius 3 is 2.30 bits per heavy atom. The van der Waals surface area contributed by atoms with Crippen LogP contribution in [0.1, 0.15) is 28.9 Å². The second-order valence-corrected chi connectivity index (χ2v) is 7.84. The van der Waals surface area contributed by atoms with Crippen molar-refractivity contribution >= 4 is 21.7 Å². The van der Waals surface area contributed by atoms with Crippen LogP contribution in [0.25, 0.3) is 0 Å². The molecule has 0 aliphatic rings. The highest BCUT2D eigenvalue weighted by atomic mass is 32.2. The van der Waals surface area contributed by atoms with Gasteiger partial charge in [-0.2, -0.15) is 0 Å². The minimum absolute atomic E-state index is 0.0481. The molecule has 0 bridgehead atoms. The summed E-state index contributed by atoms with van der Waals surface area (Å²) in [5.41, 5.74) is 0.167. The van der Waals surface area contributed by atoms with Crippen LogP contribution in [0, 0.1) is 11.6 Å². The van der Waals surface area contributed by atoms with Gasteiger partial charge in [-0.15, -0.1) is 0 Å². The molecular formula is C18H17F2NO5S. The van der Waals surface area contributed by atoms with Crippen LogP contribution >= 0.6 is 0 Å². The fourth-order valence-electron chi connectivity index (χ4n) is 2.27. The summed E-state index contributed by atoms with van der Waals surface area (Å²) >= 11 is 0. The lowest BCUT2D eigenvalue weighted by atomic mass is 10.1. The van der Waals surface area contributed by atoms with Crippen molar-refractivity contribution in [3.8, 4) is 0 Å². The zero-order valence-corrected chi connectivity index (χ0v) is 15.3. The van der Waals surface area contributed by atoms with Gasteiger partial charge in [0.1, 0.15) is 11.6 Å². The Kier molecular flexibility index (Phi) is 6.27. The summed E-state index contributed by atoms with van der Waals surface area (Å²) in [6, 6.07) is 7.28. The standard InChI is InChI=1S/C18H17F2NO5S/c1-11(15-8-5-13(19)9-16(15)20)21-17(22)10-26-18(23)12-3-6-14(7-4-12)27(2,24)25/h3-9,11H,10H2,1-2H3,(H,21,22)/t11-/m1/s1. The fourth-order valence-corrected chi connectivity index (χ4v) is 2.90. The second-order valence-electron chi connectivity index (χ2n) is 5.83. The van der Waals surface area contributed by atoms with Crippen LogP contribution in [0.15, 0.2) is 47.4 Å². The maximum Gasteiger partial charge on any atom is 0.338 e. The molecule has 0 spiro atoms. The van der Waals surface area contributed by atoms with Gasteiger partial charge in [-0.3, -0.25) is 4.79 Å². The lowest BCUT2D eigenvalue weighted by molar-refractivity contribution is -0.124. The molecule has 0 aromatic heterocycles. The topological polar surface area (TPSA) is 89.5 Å². The van der Waals surface area contributed by atoms with Crippen molar-refractivity contribution in [1.82, 2.24) is 5.32 Å². The van der Waals surface area contributed by atoms with E-state index in [1.54, 1.807) is 0 Å². The first-order valence-corrected chi connectivity index (χ1v) is 9.68. The number of rotatable bonds is 6. The molecule has 0 heterocycles. The van der Waals surface area contributed by atoms with Crippen LogP contribution in [0.4, 0.5) is 8.78 Å². The average molecular weight is 397 g/mol. The van der Waals surface area contributed by atoms with E-state index in [9.17, 15) is 26.8 Å². The molecule has 0 aliphatic carbocycles. The summed E-state index contributed by atoms with van der Waals surface area (Å²) in [6.07, 6.45) is 1.04. The van der Waals surface area contributed by atoms with Gasteiger partial charge in [0.05, 0.1) is 16.5 Å². The maximum absolute atomic E-state index is 13.7. The van der Waals surface area contributed by atoms with Gasteiger partial charge in [0, 0.05) is 17.9 Å². The predicted molar refractivity (Wildman–Crippen MR) is 92.8 cm³/mol. The van der Waals surface area contributed by atoms with E-state index in [-0.39, 0.29) is 16.0 Å². The molecule has 9 heteroatoms. The number of hydrogen-bond acceptors (Lipinski definition) is 5. The van der Waals surface area contributed by atoms with Crippen molar-refractivity contribution < 1.29 is 31.5 Å². The van der Waals surface area contributed by atoms with Crippen molar-refractivity contribution in [3.63, 3.8) is 0 Å². The molecule has 0 fully saturated rings. The highest BCUT2D eigenvalue weighted by molar-refractivity contribution is 7.90. The quantitative estimate of drug-likeness (QED) is 0.756. The SMILES string of the molecule is C[C@@H](NC(=O)COC(=O)c1ccc(S(C)(=O)=O)cc1)c1ccc(F)cc1F. The maximum atomic E-state index is 13.7. The number of carbonyl (C=O) groups excluding carboxylic acids is 2. The molecular weight excluding hydrogens is 380 g/mol. The molecule has 1 N–H and O–H groups in total. The van der Waals surface area contributed by atoms with Crippen molar-refractivity contribution in [3.05, 3.63) is 65.2 Å². The third kappa shape index (κ3) is 5.58. The molecule has 27 heavy (non-hydrogen) atoms. The molecule has 0 radical (unpaired) electrons. The van der Waals surface area contributed by atoms with E-state index in [4.69, 9.17) is 4.74 Å². The van der Waals surface area contributed by atoms with E-state index in [2.05, 4.69) is 5.32 Å². The summed E-state index contributed by atoms with van der Waals surface area (Å²) in [5.74, 6) is -3.02. The first-order chi connectivity index (χ1) is 12.6. The van der Waals surface area contributed by atoms with Gasteiger partial charge in [-0.05, 0) is 37.3 Å². The van der Waals surface area contributed by atoms with Crippen LogP contribution in [-0.2, 0) is 19.4 Å². The number of hydrogen-bond donors (Lipinski definition) is 1. The first-order valence-electron chi connectivity index (χ1n) is 7.79. The summed E-state index contributed by atoms with van der Waals surface area (Å²) in [4.78, 5) is 23.8. The van der Waals surface area contributed by atoms with E-state index in [1.165, 1.54) is 37.3 Å². The van der Waals surface area contributed by atoms with Gasteiger partial charge in [0.25, 0.3) is 5.91 Å². The predicted octanol–water partition coefficient (Wildman–Crippen LogP) is 2.40. The molecule has 1 amide bonds. The lowest BCUT2D eigenvalue weighted by Crippen LogP contribution is -2.31. The average Bonchev–Trinajstić information content (AvgIpc) is 2.58. The highest BCUT2D eigenvalue weighted by Crippen LogP contribution is 2.17.